The fourth-order valence-electron chi connectivity index (χ4n) is 3.18. The summed E-state index contributed by atoms with van der Waals surface area (Å²) in [5.41, 5.74) is 2.09. The molecular formula is C18H17N3O3. The van der Waals surface area contributed by atoms with Crippen LogP contribution in [0.2, 0.25) is 0 Å². The number of amides is 1. The lowest BCUT2D eigenvalue weighted by Crippen LogP contribution is -2.41. The zero-order chi connectivity index (χ0) is 16.5. The molecule has 0 radical (unpaired) electrons. The molecule has 1 aromatic carbocycles. The van der Waals surface area contributed by atoms with E-state index < -0.39 is 0 Å². The van der Waals surface area contributed by atoms with Gasteiger partial charge in [0.2, 0.25) is 0 Å². The monoisotopic (exact) mass is 323 g/mol. The van der Waals surface area contributed by atoms with E-state index in [1.807, 2.05) is 30.3 Å². The van der Waals surface area contributed by atoms with Crippen LogP contribution in [-0.4, -0.2) is 27.3 Å². The predicted molar refractivity (Wildman–Crippen MR) is 87.2 cm³/mol. The Balaban J connectivity index is 1.65. The van der Waals surface area contributed by atoms with Crippen molar-refractivity contribution in [3.05, 3.63) is 60.1 Å². The fourth-order valence-corrected chi connectivity index (χ4v) is 3.18. The van der Waals surface area contributed by atoms with Gasteiger partial charge in [0.1, 0.15) is 6.26 Å². The first kappa shape index (κ1) is 14.8. The van der Waals surface area contributed by atoms with E-state index in [0.29, 0.717) is 12.8 Å². The van der Waals surface area contributed by atoms with Gasteiger partial charge in [0.25, 0.3) is 5.91 Å². The highest BCUT2D eigenvalue weighted by Crippen LogP contribution is 2.38. The lowest BCUT2D eigenvalue weighted by molar-refractivity contribution is 0.0234. The molecule has 6 heteroatoms. The molecule has 1 atom stereocenters. The van der Waals surface area contributed by atoms with Crippen molar-refractivity contribution >= 4 is 16.8 Å². The standard InChI is InChI=1S/C18H17N3O3/c22-14-8-12(9-14)17(20-18(23)16-5-6-24-21-16)13-7-11-3-1-2-4-15(11)19-10-13/h1-7,10,12,14,17,22H,8-9H2,(H,20,23)/t12?,14?,17-/m0/s1. The van der Waals surface area contributed by atoms with Crippen LogP contribution >= 0.6 is 0 Å². The number of hydrogen-bond donors (Lipinski definition) is 2. The number of fused-ring (bicyclic) bond motifs is 1. The van der Waals surface area contributed by atoms with Gasteiger partial charge >= 0.3 is 0 Å². The predicted octanol–water partition coefficient (Wildman–Crippen LogP) is 2.46. The number of para-hydroxylation sites is 1. The number of hydrogen-bond acceptors (Lipinski definition) is 5. The van der Waals surface area contributed by atoms with Gasteiger partial charge < -0.3 is 14.9 Å². The number of aliphatic hydroxyl groups excluding tert-OH is 1. The van der Waals surface area contributed by atoms with E-state index in [1.165, 1.54) is 12.3 Å². The van der Waals surface area contributed by atoms with Crippen molar-refractivity contribution in [1.82, 2.24) is 15.5 Å². The zero-order valence-corrected chi connectivity index (χ0v) is 12.9. The van der Waals surface area contributed by atoms with Crippen LogP contribution in [0, 0.1) is 5.92 Å². The molecule has 1 fully saturated rings. The molecule has 1 aliphatic carbocycles. The normalized spacial score (nSPS) is 21.2. The largest absolute Gasteiger partial charge is 0.393 e. The van der Waals surface area contributed by atoms with Gasteiger partial charge in [-0.3, -0.25) is 9.78 Å². The van der Waals surface area contributed by atoms with Crippen molar-refractivity contribution in [2.24, 2.45) is 5.92 Å². The maximum Gasteiger partial charge on any atom is 0.273 e. The first-order valence-electron chi connectivity index (χ1n) is 7.95. The number of pyridine rings is 1. The number of carbonyl (C=O) groups is 1. The highest BCUT2D eigenvalue weighted by molar-refractivity contribution is 5.92. The van der Waals surface area contributed by atoms with Crippen molar-refractivity contribution < 1.29 is 14.4 Å². The molecule has 0 unspecified atom stereocenters. The summed E-state index contributed by atoms with van der Waals surface area (Å²) >= 11 is 0. The third-order valence-electron chi connectivity index (χ3n) is 4.55. The second-order valence-electron chi connectivity index (χ2n) is 6.18. The molecule has 24 heavy (non-hydrogen) atoms. The highest BCUT2D eigenvalue weighted by Gasteiger charge is 2.36. The number of nitrogens with one attached hydrogen (secondary N) is 1. The Morgan fingerprint density at radius 3 is 2.88 bits per heavy atom. The molecule has 0 spiro atoms. The van der Waals surface area contributed by atoms with E-state index in [9.17, 15) is 9.90 Å². The third kappa shape index (κ3) is 2.76. The summed E-state index contributed by atoms with van der Waals surface area (Å²) in [5.74, 6) is -0.109. The fraction of sp³-hybridized carbons (Fsp3) is 0.278. The van der Waals surface area contributed by atoms with E-state index in [4.69, 9.17) is 4.52 Å². The summed E-state index contributed by atoms with van der Waals surface area (Å²) in [4.78, 5) is 16.8. The van der Waals surface area contributed by atoms with Crippen LogP contribution in [0.1, 0.15) is 34.9 Å². The molecular weight excluding hydrogens is 306 g/mol. The first-order valence-corrected chi connectivity index (χ1v) is 7.95. The maximum atomic E-state index is 12.4. The van der Waals surface area contributed by atoms with Crippen LogP contribution in [0.15, 0.2) is 53.4 Å². The molecule has 0 aliphatic heterocycles. The molecule has 2 aromatic heterocycles. The van der Waals surface area contributed by atoms with Gasteiger partial charge in [-0.2, -0.15) is 0 Å². The molecule has 1 amide bonds. The molecule has 2 heterocycles. The second-order valence-corrected chi connectivity index (χ2v) is 6.18. The second kappa shape index (κ2) is 6.05. The Morgan fingerprint density at radius 1 is 1.29 bits per heavy atom. The number of aromatic nitrogens is 2. The SMILES string of the molecule is O=C(N[C@H](c1cnc2ccccc2c1)C1CC(O)C1)c1ccon1. The van der Waals surface area contributed by atoms with Crippen molar-refractivity contribution in [3.8, 4) is 0 Å². The molecule has 122 valence electrons. The van der Waals surface area contributed by atoms with E-state index in [-0.39, 0.29) is 29.7 Å². The molecule has 4 rings (SSSR count). The van der Waals surface area contributed by atoms with Gasteiger partial charge in [0.05, 0.1) is 17.7 Å². The topological polar surface area (TPSA) is 88.2 Å². The van der Waals surface area contributed by atoms with E-state index >= 15 is 0 Å². The Hall–Kier alpha value is -2.73. The van der Waals surface area contributed by atoms with Crippen LogP contribution in [0.4, 0.5) is 0 Å². The average Bonchev–Trinajstić information content (AvgIpc) is 3.11. The maximum absolute atomic E-state index is 12.4. The van der Waals surface area contributed by atoms with E-state index in [1.54, 1.807) is 6.20 Å². The number of rotatable bonds is 4. The molecule has 0 saturated heterocycles. The van der Waals surface area contributed by atoms with Crippen LogP contribution in [0.25, 0.3) is 10.9 Å². The summed E-state index contributed by atoms with van der Waals surface area (Å²) in [6.07, 6.45) is 4.19. The molecule has 1 aliphatic rings. The van der Waals surface area contributed by atoms with Crippen molar-refractivity contribution in [2.75, 3.05) is 0 Å². The third-order valence-corrected chi connectivity index (χ3v) is 4.55. The molecule has 6 nitrogen and oxygen atoms in total. The minimum Gasteiger partial charge on any atom is -0.393 e. The lowest BCUT2D eigenvalue weighted by atomic mass is 9.75. The Labute approximate surface area is 138 Å². The Bertz CT molecular complexity index is 857. The molecule has 3 aromatic rings. The lowest BCUT2D eigenvalue weighted by Gasteiger charge is -2.38. The van der Waals surface area contributed by atoms with Gasteiger partial charge in [-0.15, -0.1) is 0 Å². The van der Waals surface area contributed by atoms with Crippen molar-refractivity contribution in [2.45, 2.75) is 25.0 Å². The highest BCUT2D eigenvalue weighted by atomic mass is 16.5. The Kier molecular flexibility index (Phi) is 3.74. The van der Waals surface area contributed by atoms with Crippen molar-refractivity contribution in [3.63, 3.8) is 0 Å². The zero-order valence-electron chi connectivity index (χ0n) is 12.9. The van der Waals surface area contributed by atoms with Gasteiger partial charge in [0.15, 0.2) is 5.69 Å². The minimum atomic E-state index is -0.296. The summed E-state index contributed by atoms with van der Waals surface area (Å²) in [6.45, 7) is 0. The first-order chi connectivity index (χ1) is 11.7. The molecule has 2 N–H and O–H groups in total. The van der Waals surface area contributed by atoms with Crippen LogP contribution in [0.3, 0.4) is 0 Å². The summed E-state index contributed by atoms with van der Waals surface area (Å²) in [7, 11) is 0. The number of benzene rings is 1. The van der Waals surface area contributed by atoms with E-state index in [2.05, 4.69) is 15.5 Å². The minimum absolute atomic E-state index is 0.179. The van der Waals surface area contributed by atoms with E-state index in [0.717, 1.165) is 16.5 Å². The number of aliphatic hydroxyl groups is 1. The Morgan fingerprint density at radius 2 is 2.12 bits per heavy atom. The molecule has 1 saturated carbocycles. The van der Waals surface area contributed by atoms with Gasteiger partial charge in [-0.25, -0.2) is 0 Å². The quantitative estimate of drug-likeness (QED) is 0.770. The summed E-state index contributed by atoms with van der Waals surface area (Å²) in [5, 5.41) is 17.4. The summed E-state index contributed by atoms with van der Waals surface area (Å²) in [6, 6.07) is 11.2. The average molecular weight is 323 g/mol. The number of nitrogens with zero attached hydrogens (tertiary/aromatic N) is 2. The van der Waals surface area contributed by atoms with Gasteiger partial charge in [0, 0.05) is 17.6 Å². The number of carbonyl (C=O) groups excluding carboxylic acids is 1. The molecule has 0 bridgehead atoms. The van der Waals surface area contributed by atoms with Gasteiger partial charge in [-0.05, 0) is 36.5 Å². The van der Waals surface area contributed by atoms with Crippen molar-refractivity contribution in [1.29, 1.82) is 0 Å². The smallest absolute Gasteiger partial charge is 0.273 e. The van der Waals surface area contributed by atoms with Crippen LogP contribution in [-0.2, 0) is 0 Å². The van der Waals surface area contributed by atoms with Crippen LogP contribution < -0.4 is 5.32 Å². The summed E-state index contributed by atoms with van der Waals surface area (Å²) < 4.78 is 4.74. The van der Waals surface area contributed by atoms with Gasteiger partial charge in [-0.1, -0.05) is 23.4 Å². The van der Waals surface area contributed by atoms with Crippen LogP contribution in [0.5, 0.6) is 0 Å².